The molecule has 1 aliphatic rings. The van der Waals surface area contributed by atoms with Gasteiger partial charge in [-0.15, -0.1) is 0 Å². The first kappa shape index (κ1) is 12.9. The van der Waals surface area contributed by atoms with Gasteiger partial charge in [0, 0.05) is 10.2 Å². The van der Waals surface area contributed by atoms with Crippen LogP contribution in [0.15, 0.2) is 22.7 Å². The fourth-order valence-electron chi connectivity index (χ4n) is 1.90. The minimum atomic E-state index is -3.11. The number of halogens is 1. The molecule has 0 saturated carbocycles. The molecule has 1 aromatic rings. The van der Waals surface area contributed by atoms with Gasteiger partial charge in [-0.3, -0.25) is 0 Å². The fraction of sp³-hybridized carbons (Fsp3) is 0.455. The van der Waals surface area contributed by atoms with Crippen LogP contribution >= 0.6 is 15.9 Å². The third-order valence-corrected chi connectivity index (χ3v) is 5.16. The molecule has 1 aliphatic heterocycles. The highest BCUT2D eigenvalue weighted by Crippen LogP contribution is 2.26. The molecule has 0 radical (unpaired) electrons. The van der Waals surface area contributed by atoms with E-state index in [2.05, 4.69) is 21.2 Å². The van der Waals surface area contributed by atoms with Gasteiger partial charge in [-0.05, 0) is 40.5 Å². The number of rotatable bonds is 2. The van der Waals surface area contributed by atoms with Gasteiger partial charge in [0.05, 0.1) is 23.7 Å². The van der Waals surface area contributed by atoms with Crippen LogP contribution < -0.4 is 5.32 Å². The van der Waals surface area contributed by atoms with Crippen molar-refractivity contribution in [2.75, 3.05) is 16.8 Å². The summed E-state index contributed by atoms with van der Waals surface area (Å²) in [5, 5.41) is 12.7. The van der Waals surface area contributed by atoms with Crippen molar-refractivity contribution in [2.24, 2.45) is 0 Å². The van der Waals surface area contributed by atoms with Gasteiger partial charge in [-0.1, -0.05) is 6.07 Å². The van der Waals surface area contributed by atoms with Gasteiger partial charge >= 0.3 is 0 Å². The van der Waals surface area contributed by atoms with Crippen LogP contribution in [0.1, 0.15) is 5.56 Å². The molecule has 2 unspecified atom stereocenters. The van der Waals surface area contributed by atoms with Crippen molar-refractivity contribution in [1.82, 2.24) is 0 Å². The molecule has 0 spiro atoms. The number of hydrogen-bond donors (Lipinski definition) is 2. The molecule has 1 fully saturated rings. The second-order valence-electron chi connectivity index (χ2n) is 4.38. The molecule has 0 aromatic heterocycles. The summed E-state index contributed by atoms with van der Waals surface area (Å²) >= 11 is 3.41. The number of anilines is 1. The Morgan fingerprint density at radius 3 is 2.65 bits per heavy atom. The molecule has 0 amide bonds. The van der Waals surface area contributed by atoms with Crippen LogP contribution in [-0.4, -0.2) is 37.2 Å². The highest BCUT2D eigenvalue weighted by molar-refractivity contribution is 9.10. The maximum absolute atomic E-state index is 11.4. The van der Waals surface area contributed by atoms with E-state index in [1.54, 1.807) is 0 Å². The van der Waals surface area contributed by atoms with Crippen LogP contribution in [0.25, 0.3) is 0 Å². The van der Waals surface area contributed by atoms with E-state index >= 15 is 0 Å². The van der Waals surface area contributed by atoms with E-state index in [9.17, 15) is 13.5 Å². The zero-order valence-electron chi connectivity index (χ0n) is 9.35. The van der Waals surface area contributed by atoms with Crippen molar-refractivity contribution in [3.05, 3.63) is 28.2 Å². The van der Waals surface area contributed by atoms with E-state index in [-0.39, 0.29) is 11.5 Å². The van der Waals surface area contributed by atoms with E-state index in [0.717, 1.165) is 15.7 Å². The Kier molecular flexibility index (Phi) is 3.47. The van der Waals surface area contributed by atoms with Crippen LogP contribution in [0.4, 0.5) is 5.69 Å². The molecular formula is C11H14BrNO3S. The standard InChI is InChI=1S/C11H14BrNO3S/c1-7-2-3-9(8(12)4-7)13-10-5-17(15,16)6-11(10)14/h2-4,10-11,13-14H,5-6H2,1H3. The molecule has 0 bridgehead atoms. The predicted octanol–water partition coefficient (Wildman–Crippen LogP) is 1.33. The first-order valence-corrected chi connectivity index (χ1v) is 7.90. The van der Waals surface area contributed by atoms with Gasteiger partial charge in [0.1, 0.15) is 0 Å². The van der Waals surface area contributed by atoms with Crippen LogP contribution in [0.3, 0.4) is 0 Å². The van der Waals surface area contributed by atoms with Crippen molar-refractivity contribution < 1.29 is 13.5 Å². The SMILES string of the molecule is Cc1ccc(NC2CS(=O)(=O)CC2O)c(Br)c1. The Bertz CT molecular complexity index is 530. The molecule has 2 atom stereocenters. The summed E-state index contributed by atoms with van der Waals surface area (Å²) in [6, 6.07) is 5.32. The van der Waals surface area contributed by atoms with E-state index in [4.69, 9.17) is 0 Å². The number of hydrogen-bond acceptors (Lipinski definition) is 4. The van der Waals surface area contributed by atoms with Crippen molar-refractivity contribution in [3.8, 4) is 0 Å². The number of aliphatic hydroxyl groups excluding tert-OH is 1. The lowest BCUT2D eigenvalue weighted by atomic mass is 10.2. The Morgan fingerprint density at radius 1 is 1.41 bits per heavy atom. The van der Waals surface area contributed by atoms with E-state index in [1.165, 1.54) is 0 Å². The molecule has 1 aromatic carbocycles. The van der Waals surface area contributed by atoms with E-state index in [0.29, 0.717) is 0 Å². The number of nitrogens with one attached hydrogen (secondary N) is 1. The van der Waals surface area contributed by atoms with Crippen LogP contribution in [-0.2, 0) is 9.84 Å². The van der Waals surface area contributed by atoms with Gasteiger partial charge in [-0.2, -0.15) is 0 Å². The van der Waals surface area contributed by atoms with Crippen LogP contribution in [0.2, 0.25) is 0 Å². The lowest BCUT2D eigenvalue weighted by molar-refractivity contribution is 0.190. The molecule has 6 heteroatoms. The Morgan fingerprint density at radius 2 is 2.12 bits per heavy atom. The van der Waals surface area contributed by atoms with Gasteiger partial charge in [0.25, 0.3) is 0 Å². The second kappa shape index (κ2) is 4.59. The third-order valence-electron chi connectivity index (χ3n) is 2.79. The monoisotopic (exact) mass is 319 g/mol. The maximum Gasteiger partial charge on any atom is 0.155 e. The largest absolute Gasteiger partial charge is 0.390 e. The molecule has 1 heterocycles. The summed E-state index contributed by atoms with van der Waals surface area (Å²) in [5.74, 6) is -0.178. The smallest absolute Gasteiger partial charge is 0.155 e. The van der Waals surface area contributed by atoms with Gasteiger partial charge in [0.15, 0.2) is 9.84 Å². The maximum atomic E-state index is 11.4. The molecule has 2 rings (SSSR count). The molecule has 0 aliphatic carbocycles. The lowest BCUT2D eigenvalue weighted by Gasteiger charge is -2.17. The third kappa shape index (κ3) is 3.00. The normalized spacial score (nSPS) is 27.0. The van der Waals surface area contributed by atoms with Crippen molar-refractivity contribution in [1.29, 1.82) is 0 Å². The molecular weight excluding hydrogens is 306 g/mol. The average molecular weight is 320 g/mol. The second-order valence-corrected chi connectivity index (χ2v) is 7.39. The van der Waals surface area contributed by atoms with Gasteiger partial charge in [-0.25, -0.2) is 8.42 Å². The molecule has 4 nitrogen and oxygen atoms in total. The highest BCUT2D eigenvalue weighted by atomic mass is 79.9. The molecule has 94 valence electrons. The highest BCUT2D eigenvalue weighted by Gasteiger charge is 2.36. The number of aliphatic hydroxyl groups is 1. The van der Waals surface area contributed by atoms with Gasteiger partial charge in [0.2, 0.25) is 0 Å². The van der Waals surface area contributed by atoms with Crippen molar-refractivity contribution >= 4 is 31.5 Å². The van der Waals surface area contributed by atoms with Crippen LogP contribution in [0.5, 0.6) is 0 Å². The Labute approximate surface area is 109 Å². The summed E-state index contributed by atoms with van der Waals surface area (Å²) < 4.78 is 23.6. The summed E-state index contributed by atoms with van der Waals surface area (Å²) in [6.45, 7) is 1.98. The first-order valence-electron chi connectivity index (χ1n) is 5.28. The zero-order chi connectivity index (χ0) is 12.6. The van der Waals surface area contributed by atoms with Gasteiger partial charge < -0.3 is 10.4 Å². The molecule has 17 heavy (non-hydrogen) atoms. The first-order chi connectivity index (χ1) is 7.87. The predicted molar refractivity (Wildman–Crippen MR) is 71.0 cm³/mol. The Balaban J connectivity index is 2.17. The fourth-order valence-corrected chi connectivity index (χ4v) is 4.25. The van der Waals surface area contributed by atoms with Crippen molar-refractivity contribution in [2.45, 2.75) is 19.1 Å². The minimum absolute atomic E-state index is 0.0194. The van der Waals surface area contributed by atoms with E-state index in [1.807, 2.05) is 25.1 Å². The van der Waals surface area contributed by atoms with Crippen molar-refractivity contribution in [3.63, 3.8) is 0 Å². The quantitative estimate of drug-likeness (QED) is 0.863. The molecule has 1 saturated heterocycles. The summed E-state index contributed by atoms with van der Waals surface area (Å²) in [4.78, 5) is 0. The topological polar surface area (TPSA) is 66.4 Å². The molecule has 2 N–H and O–H groups in total. The summed E-state index contributed by atoms with van der Waals surface area (Å²) in [5.41, 5.74) is 1.92. The summed E-state index contributed by atoms with van der Waals surface area (Å²) in [7, 11) is -3.11. The number of aryl methyl sites for hydroxylation is 1. The zero-order valence-corrected chi connectivity index (χ0v) is 11.8. The van der Waals surface area contributed by atoms with E-state index < -0.39 is 22.0 Å². The number of sulfone groups is 1. The van der Waals surface area contributed by atoms with Crippen LogP contribution in [0, 0.1) is 6.92 Å². The Hall–Kier alpha value is -0.590. The minimum Gasteiger partial charge on any atom is -0.390 e. The number of benzene rings is 1. The lowest BCUT2D eigenvalue weighted by Crippen LogP contribution is -2.31. The average Bonchev–Trinajstić information content (AvgIpc) is 2.44. The summed E-state index contributed by atoms with van der Waals surface area (Å²) in [6.07, 6.45) is -0.840.